The Bertz CT molecular complexity index is 813. The number of benzene rings is 1. The minimum Gasteiger partial charge on any atom is -0.462 e. The van der Waals surface area contributed by atoms with Gasteiger partial charge in [0.05, 0.1) is 6.61 Å². The Balaban J connectivity index is 1.71. The van der Waals surface area contributed by atoms with Crippen molar-refractivity contribution in [1.29, 1.82) is 0 Å². The zero-order chi connectivity index (χ0) is 23.7. The van der Waals surface area contributed by atoms with E-state index in [0.29, 0.717) is 12.5 Å². The predicted molar refractivity (Wildman–Crippen MR) is 138 cm³/mol. The molecule has 2 aromatic rings. The molecule has 0 radical (unpaired) electrons. The molecule has 1 heterocycles. The highest BCUT2D eigenvalue weighted by Gasteiger charge is 2.04. The number of unbranched alkanes of at least 4 members (excludes halogenated alkanes) is 8. The van der Waals surface area contributed by atoms with Gasteiger partial charge in [-0.3, -0.25) is 0 Å². The van der Waals surface area contributed by atoms with E-state index in [9.17, 15) is 4.79 Å². The fourth-order valence-corrected chi connectivity index (χ4v) is 3.57. The van der Waals surface area contributed by atoms with E-state index in [1.165, 1.54) is 69.4 Å². The maximum atomic E-state index is 11.8. The lowest BCUT2D eigenvalue weighted by Gasteiger charge is -2.07. The summed E-state index contributed by atoms with van der Waals surface area (Å²) in [6.45, 7) is 6.89. The summed E-state index contributed by atoms with van der Waals surface area (Å²) in [5.41, 5.74) is 3.12. The number of ether oxygens (including phenoxy) is 1. The summed E-state index contributed by atoms with van der Waals surface area (Å²) in [6.07, 6.45) is 21.3. The average Bonchev–Trinajstić information content (AvgIpc) is 2.85. The maximum Gasteiger partial charge on any atom is 0.330 e. The van der Waals surface area contributed by atoms with E-state index in [1.54, 1.807) is 6.08 Å². The molecule has 0 fully saturated rings. The van der Waals surface area contributed by atoms with Gasteiger partial charge in [-0.05, 0) is 36.0 Å². The quantitative estimate of drug-likeness (QED) is 0.149. The summed E-state index contributed by atoms with van der Waals surface area (Å²) < 4.78 is 5.24. The Kier molecular flexibility index (Phi) is 13.1. The number of carbonyl (C=O) groups is 1. The number of hydrogen-bond acceptors (Lipinski definition) is 4. The molecule has 0 bridgehead atoms. The monoisotopic (exact) mass is 450 g/mol. The van der Waals surface area contributed by atoms with Crippen LogP contribution in [0, 0.1) is 5.92 Å². The van der Waals surface area contributed by atoms with Crippen LogP contribution in [0.25, 0.3) is 17.5 Å². The number of hydrogen-bond donors (Lipinski definition) is 0. The van der Waals surface area contributed by atoms with Crippen LogP contribution in [0.1, 0.15) is 96.1 Å². The first-order chi connectivity index (χ1) is 16.1. The smallest absolute Gasteiger partial charge is 0.330 e. The van der Waals surface area contributed by atoms with Gasteiger partial charge in [0.2, 0.25) is 0 Å². The molecular weight excluding hydrogens is 408 g/mol. The minimum absolute atomic E-state index is 0.301. The van der Waals surface area contributed by atoms with Gasteiger partial charge in [-0.15, -0.1) is 0 Å². The van der Waals surface area contributed by atoms with Gasteiger partial charge in [-0.1, -0.05) is 103 Å². The van der Waals surface area contributed by atoms with Gasteiger partial charge in [-0.25, -0.2) is 14.8 Å². The molecule has 1 atom stereocenters. The second kappa shape index (κ2) is 16.2. The zero-order valence-corrected chi connectivity index (χ0v) is 20.9. The van der Waals surface area contributed by atoms with Crippen LogP contribution in [-0.2, 0) is 16.0 Å². The van der Waals surface area contributed by atoms with Crippen LogP contribution in [-0.4, -0.2) is 22.5 Å². The molecule has 0 amide bonds. The Hall–Kier alpha value is -2.49. The average molecular weight is 451 g/mol. The number of aromatic nitrogens is 2. The fourth-order valence-electron chi connectivity index (χ4n) is 3.57. The first-order valence-corrected chi connectivity index (χ1v) is 12.9. The SMILES string of the molecule is CCCCCCCCCCCc1cnc(-c2ccc(/C=C/C(=O)OC[C@H](C)CC)cc2)nc1. The largest absolute Gasteiger partial charge is 0.462 e. The van der Waals surface area contributed by atoms with Crippen molar-refractivity contribution in [2.24, 2.45) is 5.92 Å². The molecule has 180 valence electrons. The second-order valence-corrected chi connectivity index (χ2v) is 9.09. The van der Waals surface area contributed by atoms with Crippen molar-refractivity contribution in [2.45, 2.75) is 91.4 Å². The van der Waals surface area contributed by atoms with Crippen molar-refractivity contribution in [3.63, 3.8) is 0 Å². The first-order valence-electron chi connectivity index (χ1n) is 12.9. The van der Waals surface area contributed by atoms with Crippen LogP contribution < -0.4 is 0 Å². The normalized spacial score (nSPS) is 12.2. The molecule has 33 heavy (non-hydrogen) atoms. The van der Waals surface area contributed by atoms with Gasteiger partial charge in [0.25, 0.3) is 0 Å². The van der Waals surface area contributed by atoms with Crippen molar-refractivity contribution >= 4 is 12.0 Å². The van der Waals surface area contributed by atoms with Crippen LogP contribution in [0.3, 0.4) is 0 Å². The summed E-state index contributed by atoms with van der Waals surface area (Å²) >= 11 is 0. The molecule has 0 saturated carbocycles. The molecule has 0 aliphatic heterocycles. The molecule has 4 heteroatoms. The molecule has 0 saturated heterocycles. The summed E-state index contributed by atoms with van der Waals surface area (Å²) in [5.74, 6) is 0.817. The lowest BCUT2D eigenvalue weighted by Crippen LogP contribution is -2.08. The number of rotatable bonds is 16. The first kappa shape index (κ1) is 26.8. The third kappa shape index (κ3) is 11.3. The summed E-state index contributed by atoms with van der Waals surface area (Å²) in [4.78, 5) is 20.9. The molecule has 0 unspecified atom stereocenters. The third-order valence-electron chi connectivity index (χ3n) is 6.06. The predicted octanol–water partition coefficient (Wildman–Crippen LogP) is 7.82. The van der Waals surface area contributed by atoms with Gasteiger partial charge in [0.15, 0.2) is 5.82 Å². The van der Waals surface area contributed by atoms with E-state index in [-0.39, 0.29) is 5.97 Å². The molecule has 0 N–H and O–H groups in total. The van der Waals surface area contributed by atoms with Crippen molar-refractivity contribution in [3.8, 4) is 11.4 Å². The molecule has 1 aromatic heterocycles. The van der Waals surface area contributed by atoms with Crippen LogP contribution in [0.2, 0.25) is 0 Å². The van der Waals surface area contributed by atoms with E-state index in [0.717, 1.165) is 29.8 Å². The highest BCUT2D eigenvalue weighted by molar-refractivity contribution is 5.87. The van der Waals surface area contributed by atoms with E-state index in [1.807, 2.05) is 36.7 Å². The van der Waals surface area contributed by atoms with E-state index >= 15 is 0 Å². The standard InChI is InChI=1S/C29H42N2O2/c1-4-6-7-8-9-10-11-12-13-14-26-21-30-29(31-22-26)27-18-15-25(16-19-27)17-20-28(32)33-23-24(3)5-2/h15-22,24H,4-14,23H2,1-3H3/b20-17+/t24-/m1/s1. The molecule has 0 aliphatic carbocycles. The van der Waals surface area contributed by atoms with E-state index < -0.39 is 0 Å². The third-order valence-corrected chi connectivity index (χ3v) is 6.06. The van der Waals surface area contributed by atoms with E-state index in [4.69, 9.17) is 4.74 Å². The van der Waals surface area contributed by atoms with Crippen LogP contribution in [0.5, 0.6) is 0 Å². The van der Waals surface area contributed by atoms with Crippen LogP contribution >= 0.6 is 0 Å². The number of esters is 1. The zero-order valence-electron chi connectivity index (χ0n) is 20.9. The fraction of sp³-hybridized carbons (Fsp3) is 0.552. The Morgan fingerprint density at radius 2 is 1.52 bits per heavy atom. The van der Waals surface area contributed by atoms with Crippen molar-refractivity contribution in [2.75, 3.05) is 6.61 Å². The topological polar surface area (TPSA) is 52.1 Å². The summed E-state index contributed by atoms with van der Waals surface area (Å²) in [6, 6.07) is 7.90. The highest BCUT2D eigenvalue weighted by atomic mass is 16.5. The number of carbonyl (C=O) groups excluding carboxylic acids is 1. The van der Waals surface area contributed by atoms with E-state index in [2.05, 4.69) is 30.7 Å². The summed E-state index contributed by atoms with van der Waals surface area (Å²) in [5, 5.41) is 0. The van der Waals surface area contributed by atoms with Gasteiger partial charge < -0.3 is 4.74 Å². The lowest BCUT2D eigenvalue weighted by atomic mass is 10.1. The van der Waals surface area contributed by atoms with Gasteiger partial charge in [0, 0.05) is 24.0 Å². The van der Waals surface area contributed by atoms with Gasteiger partial charge in [0.1, 0.15) is 0 Å². The molecule has 0 spiro atoms. The number of nitrogens with zero attached hydrogens (tertiary/aromatic N) is 2. The molecule has 4 nitrogen and oxygen atoms in total. The van der Waals surface area contributed by atoms with Crippen molar-refractivity contribution in [3.05, 3.63) is 53.9 Å². The van der Waals surface area contributed by atoms with Gasteiger partial charge >= 0.3 is 5.97 Å². The summed E-state index contributed by atoms with van der Waals surface area (Å²) in [7, 11) is 0. The molecule has 1 aromatic carbocycles. The number of aryl methyl sites for hydroxylation is 1. The Morgan fingerprint density at radius 3 is 2.12 bits per heavy atom. The maximum absolute atomic E-state index is 11.8. The van der Waals surface area contributed by atoms with Crippen molar-refractivity contribution in [1.82, 2.24) is 9.97 Å². The van der Waals surface area contributed by atoms with Crippen LogP contribution in [0.4, 0.5) is 0 Å². The minimum atomic E-state index is -0.301. The van der Waals surface area contributed by atoms with Crippen molar-refractivity contribution < 1.29 is 9.53 Å². The molecule has 0 aliphatic rings. The second-order valence-electron chi connectivity index (χ2n) is 9.09. The van der Waals surface area contributed by atoms with Crippen LogP contribution in [0.15, 0.2) is 42.7 Å². The Labute approximate surface area is 200 Å². The Morgan fingerprint density at radius 1 is 0.909 bits per heavy atom. The molecular formula is C29H42N2O2. The lowest BCUT2D eigenvalue weighted by molar-refractivity contribution is -0.138. The highest BCUT2D eigenvalue weighted by Crippen LogP contribution is 2.17. The molecule has 2 rings (SSSR count). The van der Waals surface area contributed by atoms with Gasteiger partial charge in [-0.2, -0.15) is 0 Å².